The van der Waals surface area contributed by atoms with Crippen molar-refractivity contribution < 1.29 is 9.53 Å². The van der Waals surface area contributed by atoms with E-state index in [0.29, 0.717) is 5.69 Å². The lowest BCUT2D eigenvalue weighted by molar-refractivity contribution is 0.0933. The molecule has 120 valence electrons. The van der Waals surface area contributed by atoms with Gasteiger partial charge in [-0.25, -0.2) is 0 Å². The van der Waals surface area contributed by atoms with Gasteiger partial charge in [-0.15, -0.1) is 0 Å². The second kappa shape index (κ2) is 7.87. The highest BCUT2D eigenvalue weighted by Gasteiger charge is 2.12. The van der Waals surface area contributed by atoms with Crippen LogP contribution in [-0.2, 0) is 0 Å². The Kier molecular flexibility index (Phi) is 5.87. The average Bonchev–Trinajstić information content (AvgIpc) is 2.94. The predicted molar refractivity (Wildman–Crippen MR) is 90.5 cm³/mol. The lowest BCUT2D eigenvalue weighted by Gasteiger charge is -2.12. The Morgan fingerprint density at radius 3 is 2.82 bits per heavy atom. The molecule has 22 heavy (non-hydrogen) atoms. The van der Waals surface area contributed by atoms with Gasteiger partial charge < -0.3 is 15.0 Å². The van der Waals surface area contributed by atoms with Crippen LogP contribution in [0.4, 0.5) is 0 Å². The molecule has 0 saturated carbocycles. The molecule has 0 radical (unpaired) electrons. The normalized spacial score (nSPS) is 12.3. The van der Waals surface area contributed by atoms with Gasteiger partial charge in [0.15, 0.2) is 0 Å². The summed E-state index contributed by atoms with van der Waals surface area (Å²) in [6.45, 7) is 4.27. The van der Waals surface area contributed by atoms with Crippen molar-refractivity contribution in [3.8, 4) is 5.75 Å². The molecule has 4 heteroatoms. The summed E-state index contributed by atoms with van der Waals surface area (Å²) in [5, 5.41) is 4.05. The molecule has 1 aromatic heterocycles. The molecular formula is C18H26N2O2. The molecule has 1 aromatic carbocycles. The number of unbranched alkanes of at least 4 members (excludes halogenated alkanes) is 3. The number of rotatable bonds is 8. The number of H-pyrrole nitrogens is 1. The molecule has 2 rings (SSSR count). The van der Waals surface area contributed by atoms with Gasteiger partial charge >= 0.3 is 0 Å². The summed E-state index contributed by atoms with van der Waals surface area (Å²) >= 11 is 0. The molecule has 1 atom stereocenters. The van der Waals surface area contributed by atoms with Gasteiger partial charge in [-0.1, -0.05) is 32.6 Å². The fourth-order valence-electron chi connectivity index (χ4n) is 2.61. The Hall–Kier alpha value is -1.97. The minimum atomic E-state index is -0.0434. The molecule has 0 aliphatic carbocycles. The summed E-state index contributed by atoms with van der Waals surface area (Å²) in [6.07, 6.45) is 5.94. The van der Waals surface area contributed by atoms with Crippen LogP contribution in [-0.4, -0.2) is 24.0 Å². The Labute approximate surface area is 132 Å². The molecule has 0 unspecified atom stereocenters. The highest BCUT2D eigenvalue weighted by molar-refractivity contribution is 5.98. The summed E-state index contributed by atoms with van der Waals surface area (Å²) in [4.78, 5) is 15.5. The van der Waals surface area contributed by atoms with E-state index in [2.05, 4.69) is 24.1 Å². The Bertz CT molecular complexity index is 619. The first-order valence-corrected chi connectivity index (χ1v) is 8.11. The third kappa shape index (κ3) is 4.26. The highest BCUT2D eigenvalue weighted by atomic mass is 16.5. The third-order valence-electron chi connectivity index (χ3n) is 3.94. The maximum absolute atomic E-state index is 12.3. The van der Waals surface area contributed by atoms with Gasteiger partial charge in [0.05, 0.1) is 7.11 Å². The molecule has 4 nitrogen and oxygen atoms in total. The standard InChI is InChI=1S/C18H26N2O2/c1-4-5-6-7-8-13(2)19-18(21)17-12-14-11-15(22-3)9-10-16(14)20-17/h9-13,20H,4-8H2,1-3H3,(H,19,21)/t13-/m1/s1. The quantitative estimate of drug-likeness (QED) is 0.716. The molecule has 0 saturated heterocycles. The number of fused-ring (bicyclic) bond motifs is 1. The van der Waals surface area contributed by atoms with Crippen LogP contribution in [0, 0.1) is 0 Å². The van der Waals surface area contributed by atoms with E-state index in [4.69, 9.17) is 4.74 Å². The van der Waals surface area contributed by atoms with Crippen LogP contribution in [0.3, 0.4) is 0 Å². The van der Waals surface area contributed by atoms with E-state index < -0.39 is 0 Å². The number of benzene rings is 1. The second-order valence-corrected chi connectivity index (χ2v) is 5.86. The van der Waals surface area contributed by atoms with Gasteiger partial charge in [0.1, 0.15) is 11.4 Å². The van der Waals surface area contributed by atoms with E-state index in [-0.39, 0.29) is 11.9 Å². The zero-order valence-electron chi connectivity index (χ0n) is 13.7. The summed E-state index contributed by atoms with van der Waals surface area (Å²) in [5.41, 5.74) is 1.55. The number of aromatic nitrogens is 1. The molecular weight excluding hydrogens is 276 g/mol. The van der Waals surface area contributed by atoms with Crippen molar-refractivity contribution in [3.63, 3.8) is 0 Å². The minimum absolute atomic E-state index is 0.0434. The van der Waals surface area contributed by atoms with Crippen LogP contribution in [0.15, 0.2) is 24.3 Å². The van der Waals surface area contributed by atoms with Crippen molar-refractivity contribution in [1.29, 1.82) is 0 Å². The fourth-order valence-corrected chi connectivity index (χ4v) is 2.61. The molecule has 2 N–H and O–H groups in total. The molecule has 0 bridgehead atoms. The average molecular weight is 302 g/mol. The molecule has 0 spiro atoms. The van der Waals surface area contributed by atoms with Crippen LogP contribution >= 0.6 is 0 Å². The number of carbonyl (C=O) groups excluding carboxylic acids is 1. The van der Waals surface area contributed by atoms with E-state index in [1.807, 2.05) is 24.3 Å². The molecule has 2 aromatic rings. The van der Waals surface area contributed by atoms with Crippen molar-refractivity contribution in [2.75, 3.05) is 7.11 Å². The number of nitrogens with one attached hydrogen (secondary N) is 2. The molecule has 0 aliphatic heterocycles. The maximum atomic E-state index is 12.3. The van der Waals surface area contributed by atoms with Gasteiger partial charge in [-0.2, -0.15) is 0 Å². The molecule has 0 fully saturated rings. The summed E-state index contributed by atoms with van der Waals surface area (Å²) < 4.78 is 5.21. The third-order valence-corrected chi connectivity index (χ3v) is 3.94. The number of hydrogen-bond donors (Lipinski definition) is 2. The summed E-state index contributed by atoms with van der Waals surface area (Å²) in [6, 6.07) is 7.81. The first kappa shape index (κ1) is 16.4. The van der Waals surface area contributed by atoms with E-state index in [1.54, 1.807) is 7.11 Å². The Morgan fingerprint density at radius 1 is 1.27 bits per heavy atom. The smallest absolute Gasteiger partial charge is 0.267 e. The van der Waals surface area contributed by atoms with Crippen LogP contribution in [0.1, 0.15) is 56.4 Å². The van der Waals surface area contributed by atoms with Crippen LogP contribution in [0.2, 0.25) is 0 Å². The SMILES string of the molecule is CCCCCC[C@@H](C)NC(=O)c1cc2cc(OC)ccc2[nH]1. The molecule has 1 heterocycles. The van der Waals surface area contributed by atoms with Crippen molar-refractivity contribution >= 4 is 16.8 Å². The van der Waals surface area contributed by atoms with Gasteiger partial charge in [-0.05, 0) is 37.6 Å². The number of carbonyl (C=O) groups is 1. The van der Waals surface area contributed by atoms with Gasteiger partial charge in [0.25, 0.3) is 5.91 Å². The van der Waals surface area contributed by atoms with Crippen molar-refractivity contribution in [2.24, 2.45) is 0 Å². The van der Waals surface area contributed by atoms with Crippen LogP contribution in [0.25, 0.3) is 10.9 Å². The van der Waals surface area contributed by atoms with E-state index in [9.17, 15) is 4.79 Å². The summed E-state index contributed by atoms with van der Waals surface area (Å²) in [5.74, 6) is 0.751. The monoisotopic (exact) mass is 302 g/mol. The molecule has 0 aliphatic rings. The highest BCUT2D eigenvalue weighted by Crippen LogP contribution is 2.21. The number of amides is 1. The van der Waals surface area contributed by atoms with Crippen molar-refractivity contribution in [1.82, 2.24) is 10.3 Å². The first-order valence-electron chi connectivity index (χ1n) is 8.11. The van der Waals surface area contributed by atoms with Crippen molar-refractivity contribution in [2.45, 2.75) is 52.0 Å². The summed E-state index contributed by atoms with van der Waals surface area (Å²) in [7, 11) is 1.64. The Morgan fingerprint density at radius 2 is 2.09 bits per heavy atom. The Balaban J connectivity index is 1.94. The minimum Gasteiger partial charge on any atom is -0.497 e. The van der Waals surface area contributed by atoms with E-state index in [0.717, 1.165) is 23.1 Å². The van der Waals surface area contributed by atoms with Crippen LogP contribution in [0.5, 0.6) is 5.75 Å². The molecule has 1 amide bonds. The van der Waals surface area contributed by atoms with E-state index >= 15 is 0 Å². The number of hydrogen-bond acceptors (Lipinski definition) is 2. The van der Waals surface area contributed by atoms with Gasteiger partial charge in [0.2, 0.25) is 0 Å². The van der Waals surface area contributed by atoms with Crippen molar-refractivity contribution in [3.05, 3.63) is 30.0 Å². The second-order valence-electron chi connectivity index (χ2n) is 5.86. The lowest BCUT2D eigenvalue weighted by atomic mass is 10.1. The number of aromatic amines is 1. The zero-order valence-corrected chi connectivity index (χ0v) is 13.7. The number of methoxy groups -OCH3 is 1. The van der Waals surface area contributed by atoms with Gasteiger partial charge in [0, 0.05) is 16.9 Å². The first-order chi connectivity index (χ1) is 10.6. The topological polar surface area (TPSA) is 54.1 Å². The largest absolute Gasteiger partial charge is 0.497 e. The van der Waals surface area contributed by atoms with E-state index in [1.165, 1.54) is 25.7 Å². The van der Waals surface area contributed by atoms with Crippen LogP contribution < -0.4 is 10.1 Å². The lowest BCUT2D eigenvalue weighted by Crippen LogP contribution is -2.32. The number of ether oxygens (including phenoxy) is 1. The zero-order chi connectivity index (χ0) is 15.9. The predicted octanol–water partition coefficient (Wildman–Crippen LogP) is 4.27. The fraction of sp³-hybridized carbons (Fsp3) is 0.500. The van der Waals surface area contributed by atoms with Gasteiger partial charge in [-0.3, -0.25) is 4.79 Å². The maximum Gasteiger partial charge on any atom is 0.267 e.